The molecular formula is C15H18N4O2S. The maximum atomic E-state index is 12.4. The number of anilines is 1. The van der Waals surface area contributed by atoms with Crippen LogP contribution in [0.3, 0.4) is 0 Å². The molecular weight excluding hydrogens is 300 g/mol. The standard InChI is InChI=1S/C15H18N4O2S/c1-12-4-2-5-13(8-12)11-22(20,21)19-9-14(10-19)18-15-16-6-3-7-17-15/h2-8,14H,9-11H2,1H3,(H,16,17,18). The van der Waals surface area contributed by atoms with E-state index >= 15 is 0 Å². The van der Waals surface area contributed by atoms with E-state index in [4.69, 9.17) is 0 Å². The number of rotatable bonds is 5. The summed E-state index contributed by atoms with van der Waals surface area (Å²) >= 11 is 0. The minimum absolute atomic E-state index is 0.0449. The maximum Gasteiger partial charge on any atom is 0.222 e. The Morgan fingerprint density at radius 1 is 1.23 bits per heavy atom. The molecule has 0 unspecified atom stereocenters. The van der Waals surface area contributed by atoms with Gasteiger partial charge in [-0.15, -0.1) is 0 Å². The van der Waals surface area contributed by atoms with Crippen molar-refractivity contribution in [3.63, 3.8) is 0 Å². The SMILES string of the molecule is Cc1cccc(CS(=O)(=O)N2CC(Nc3ncccn3)C2)c1. The van der Waals surface area contributed by atoms with Crippen molar-refractivity contribution in [1.82, 2.24) is 14.3 Å². The van der Waals surface area contributed by atoms with Crippen molar-refractivity contribution in [3.05, 3.63) is 53.9 Å². The summed E-state index contributed by atoms with van der Waals surface area (Å²) in [5.74, 6) is 0.576. The molecule has 0 bridgehead atoms. The second kappa shape index (κ2) is 6.02. The highest BCUT2D eigenvalue weighted by atomic mass is 32.2. The molecule has 0 spiro atoms. The molecule has 1 fully saturated rings. The summed E-state index contributed by atoms with van der Waals surface area (Å²) in [6.07, 6.45) is 3.31. The number of hydrogen-bond donors (Lipinski definition) is 1. The van der Waals surface area contributed by atoms with E-state index in [-0.39, 0.29) is 11.8 Å². The number of sulfonamides is 1. The molecule has 0 amide bonds. The van der Waals surface area contributed by atoms with Crippen LogP contribution >= 0.6 is 0 Å². The fourth-order valence-corrected chi connectivity index (χ4v) is 4.01. The van der Waals surface area contributed by atoms with Crippen LogP contribution in [0.1, 0.15) is 11.1 Å². The molecule has 0 radical (unpaired) electrons. The van der Waals surface area contributed by atoms with Crippen molar-refractivity contribution in [3.8, 4) is 0 Å². The summed E-state index contributed by atoms with van der Waals surface area (Å²) in [5.41, 5.74) is 1.89. The largest absolute Gasteiger partial charge is 0.349 e. The average molecular weight is 318 g/mol. The van der Waals surface area contributed by atoms with Gasteiger partial charge in [-0.3, -0.25) is 0 Å². The molecule has 1 N–H and O–H groups in total. The first kappa shape index (κ1) is 14.9. The van der Waals surface area contributed by atoms with Crippen LogP contribution in [0.5, 0.6) is 0 Å². The van der Waals surface area contributed by atoms with Gasteiger partial charge in [-0.1, -0.05) is 29.8 Å². The lowest BCUT2D eigenvalue weighted by Crippen LogP contribution is -2.57. The van der Waals surface area contributed by atoms with Crippen LogP contribution < -0.4 is 5.32 Å². The molecule has 0 saturated carbocycles. The Balaban J connectivity index is 1.57. The molecule has 7 heteroatoms. The van der Waals surface area contributed by atoms with Gasteiger partial charge in [-0.05, 0) is 18.6 Å². The number of aryl methyl sites for hydroxylation is 1. The number of aromatic nitrogens is 2. The van der Waals surface area contributed by atoms with E-state index in [0.29, 0.717) is 19.0 Å². The van der Waals surface area contributed by atoms with Crippen molar-refractivity contribution in [2.45, 2.75) is 18.7 Å². The number of nitrogens with zero attached hydrogens (tertiary/aromatic N) is 3. The van der Waals surface area contributed by atoms with Crippen LogP contribution in [0.2, 0.25) is 0 Å². The second-order valence-corrected chi connectivity index (χ2v) is 7.44. The Labute approximate surface area is 130 Å². The van der Waals surface area contributed by atoms with Gasteiger partial charge in [0.25, 0.3) is 0 Å². The maximum absolute atomic E-state index is 12.4. The second-order valence-electron chi connectivity index (χ2n) is 5.48. The minimum atomic E-state index is -3.27. The minimum Gasteiger partial charge on any atom is -0.349 e. The predicted octanol–water partition coefficient (Wildman–Crippen LogP) is 1.41. The molecule has 0 atom stereocenters. The van der Waals surface area contributed by atoms with Gasteiger partial charge in [-0.25, -0.2) is 18.4 Å². The summed E-state index contributed by atoms with van der Waals surface area (Å²) in [4.78, 5) is 8.15. The van der Waals surface area contributed by atoms with Crippen molar-refractivity contribution < 1.29 is 8.42 Å². The van der Waals surface area contributed by atoms with E-state index in [2.05, 4.69) is 15.3 Å². The number of hydrogen-bond acceptors (Lipinski definition) is 5. The molecule has 1 aromatic carbocycles. The average Bonchev–Trinajstić information content (AvgIpc) is 2.43. The lowest BCUT2D eigenvalue weighted by Gasteiger charge is -2.38. The van der Waals surface area contributed by atoms with Crippen LogP contribution in [0.25, 0.3) is 0 Å². The Bertz CT molecular complexity index is 743. The number of nitrogens with one attached hydrogen (secondary N) is 1. The quantitative estimate of drug-likeness (QED) is 0.902. The zero-order chi connectivity index (χ0) is 15.6. The Morgan fingerprint density at radius 2 is 1.95 bits per heavy atom. The summed E-state index contributed by atoms with van der Waals surface area (Å²) < 4.78 is 26.2. The van der Waals surface area contributed by atoms with Gasteiger partial charge in [-0.2, -0.15) is 4.31 Å². The molecule has 6 nitrogen and oxygen atoms in total. The first-order chi connectivity index (χ1) is 10.5. The summed E-state index contributed by atoms with van der Waals surface area (Å²) in [7, 11) is -3.27. The van der Waals surface area contributed by atoms with E-state index in [1.807, 2.05) is 31.2 Å². The van der Waals surface area contributed by atoms with Gasteiger partial charge in [0.05, 0.1) is 11.8 Å². The topological polar surface area (TPSA) is 75.2 Å². The molecule has 1 saturated heterocycles. The Kier molecular flexibility index (Phi) is 4.08. The van der Waals surface area contributed by atoms with Gasteiger partial charge in [0.2, 0.25) is 16.0 Å². The van der Waals surface area contributed by atoms with Gasteiger partial charge in [0.1, 0.15) is 0 Å². The fraction of sp³-hybridized carbons (Fsp3) is 0.333. The molecule has 0 aliphatic carbocycles. The van der Waals surface area contributed by atoms with Crippen LogP contribution in [-0.2, 0) is 15.8 Å². The predicted molar refractivity (Wildman–Crippen MR) is 84.8 cm³/mol. The molecule has 1 aliphatic rings. The van der Waals surface area contributed by atoms with Crippen LogP contribution in [0.4, 0.5) is 5.95 Å². The van der Waals surface area contributed by atoms with Crippen molar-refractivity contribution in [1.29, 1.82) is 0 Å². The van der Waals surface area contributed by atoms with Crippen LogP contribution in [0.15, 0.2) is 42.7 Å². The third-order valence-corrected chi connectivity index (χ3v) is 5.36. The highest BCUT2D eigenvalue weighted by Crippen LogP contribution is 2.20. The molecule has 1 aromatic heterocycles. The molecule has 116 valence electrons. The third kappa shape index (κ3) is 3.42. The van der Waals surface area contributed by atoms with E-state index in [0.717, 1.165) is 11.1 Å². The van der Waals surface area contributed by atoms with Crippen LogP contribution in [0, 0.1) is 6.92 Å². The normalized spacial score (nSPS) is 16.2. The van der Waals surface area contributed by atoms with E-state index in [1.54, 1.807) is 18.5 Å². The van der Waals surface area contributed by atoms with Crippen LogP contribution in [-0.4, -0.2) is 41.8 Å². The summed E-state index contributed by atoms with van der Waals surface area (Å²) in [6.45, 7) is 2.86. The molecule has 22 heavy (non-hydrogen) atoms. The monoisotopic (exact) mass is 318 g/mol. The molecule has 2 heterocycles. The van der Waals surface area contributed by atoms with Gasteiger partial charge in [0, 0.05) is 25.5 Å². The highest BCUT2D eigenvalue weighted by molar-refractivity contribution is 7.88. The molecule has 3 rings (SSSR count). The van der Waals surface area contributed by atoms with Crippen molar-refractivity contribution in [2.24, 2.45) is 0 Å². The van der Waals surface area contributed by atoms with E-state index in [9.17, 15) is 8.42 Å². The number of benzene rings is 1. The van der Waals surface area contributed by atoms with E-state index in [1.165, 1.54) is 4.31 Å². The van der Waals surface area contributed by atoms with Crippen molar-refractivity contribution in [2.75, 3.05) is 18.4 Å². The van der Waals surface area contributed by atoms with Gasteiger partial charge >= 0.3 is 0 Å². The zero-order valence-electron chi connectivity index (χ0n) is 12.3. The highest BCUT2D eigenvalue weighted by Gasteiger charge is 2.35. The Morgan fingerprint density at radius 3 is 2.64 bits per heavy atom. The van der Waals surface area contributed by atoms with Gasteiger partial charge in [0.15, 0.2) is 0 Å². The molecule has 1 aliphatic heterocycles. The smallest absolute Gasteiger partial charge is 0.222 e. The summed E-state index contributed by atoms with van der Waals surface area (Å²) in [5, 5.41) is 3.13. The van der Waals surface area contributed by atoms with E-state index < -0.39 is 10.0 Å². The summed E-state index contributed by atoms with van der Waals surface area (Å²) in [6, 6.07) is 9.40. The first-order valence-electron chi connectivity index (χ1n) is 7.10. The van der Waals surface area contributed by atoms with Gasteiger partial charge < -0.3 is 5.32 Å². The molecule has 2 aromatic rings. The third-order valence-electron chi connectivity index (χ3n) is 3.57. The fourth-order valence-electron chi connectivity index (χ4n) is 2.42. The zero-order valence-corrected chi connectivity index (χ0v) is 13.1. The lowest BCUT2D eigenvalue weighted by molar-refractivity contribution is 0.279. The van der Waals surface area contributed by atoms with Crippen molar-refractivity contribution >= 4 is 16.0 Å². The Hall–Kier alpha value is -1.99. The first-order valence-corrected chi connectivity index (χ1v) is 8.71. The lowest BCUT2D eigenvalue weighted by atomic mass is 10.2.